The Morgan fingerprint density at radius 1 is 1.17 bits per heavy atom. The third-order valence-corrected chi connectivity index (χ3v) is 4.37. The van der Waals surface area contributed by atoms with Gasteiger partial charge in [-0.1, -0.05) is 17.7 Å². The number of halogens is 1. The van der Waals surface area contributed by atoms with Crippen LogP contribution in [0.15, 0.2) is 58.4 Å². The zero-order chi connectivity index (χ0) is 16.4. The van der Waals surface area contributed by atoms with E-state index in [2.05, 4.69) is 6.58 Å². The van der Waals surface area contributed by atoms with Crippen LogP contribution in [0.2, 0.25) is 5.02 Å². The minimum atomic E-state index is -0.329. The lowest BCUT2D eigenvalue weighted by Gasteiger charge is -2.07. The van der Waals surface area contributed by atoms with Crippen molar-refractivity contribution in [2.24, 2.45) is 0 Å². The molecule has 2 heterocycles. The molecule has 3 rings (SSSR count). The van der Waals surface area contributed by atoms with Gasteiger partial charge in [-0.2, -0.15) is 0 Å². The Hall–Kier alpha value is -2.24. The highest BCUT2D eigenvalue weighted by molar-refractivity contribution is 8.18. The Morgan fingerprint density at radius 3 is 2.61 bits per heavy atom. The monoisotopic (exact) mass is 345 g/mol. The van der Waals surface area contributed by atoms with E-state index in [0.717, 1.165) is 22.2 Å². The third-order valence-electron chi connectivity index (χ3n) is 3.21. The summed E-state index contributed by atoms with van der Waals surface area (Å²) in [6.07, 6.45) is 3.10. The van der Waals surface area contributed by atoms with Crippen LogP contribution in [0.1, 0.15) is 5.76 Å². The molecule has 6 heteroatoms. The second-order valence-electron chi connectivity index (χ2n) is 4.79. The maximum absolute atomic E-state index is 12.1. The number of thioether (sulfide) groups is 1. The predicted molar refractivity (Wildman–Crippen MR) is 92.0 cm³/mol. The Balaban J connectivity index is 1.84. The molecule has 2 amide bonds. The van der Waals surface area contributed by atoms with Gasteiger partial charge >= 0.3 is 0 Å². The lowest BCUT2D eigenvalue weighted by atomic mass is 10.2. The molecule has 4 nitrogen and oxygen atoms in total. The minimum Gasteiger partial charge on any atom is -0.457 e. The molecule has 116 valence electrons. The van der Waals surface area contributed by atoms with E-state index >= 15 is 0 Å². The number of nitrogens with zero attached hydrogens (tertiary/aromatic N) is 1. The van der Waals surface area contributed by atoms with E-state index in [0.29, 0.717) is 21.4 Å². The Bertz CT molecular complexity index is 808. The van der Waals surface area contributed by atoms with Crippen LogP contribution in [0.25, 0.3) is 17.4 Å². The van der Waals surface area contributed by atoms with Crippen molar-refractivity contribution >= 4 is 40.6 Å². The number of carbonyl (C=O) groups excluding carboxylic acids is 2. The molecule has 0 N–H and O–H groups in total. The summed E-state index contributed by atoms with van der Waals surface area (Å²) in [4.78, 5) is 25.4. The predicted octanol–water partition coefficient (Wildman–Crippen LogP) is 4.82. The lowest BCUT2D eigenvalue weighted by molar-refractivity contribution is -0.122. The fourth-order valence-corrected chi connectivity index (χ4v) is 3.07. The number of amides is 2. The normalized spacial score (nSPS) is 16.4. The van der Waals surface area contributed by atoms with Crippen molar-refractivity contribution < 1.29 is 14.0 Å². The summed E-state index contributed by atoms with van der Waals surface area (Å²) in [5, 5.41) is 0.349. The van der Waals surface area contributed by atoms with Crippen molar-refractivity contribution in [3.63, 3.8) is 0 Å². The van der Waals surface area contributed by atoms with E-state index in [-0.39, 0.29) is 17.7 Å². The zero-order valence-electron chi connectivity index (χ0n) is 12.0. The highest BCUT2D eigenvalue weighted by Gasteiger charge is 2.34. The largest absolute Gasteiger partial charge is 0.457 e. The van der Waals surface area contributed by atoms with E-state index in [1.54, 1.807) is 24.3 Å². The van der Waals surface area contributed by atoms with Gasteiger partial charge in [0.1, 0.15) is 11.5 Å². The molecule has 2 aromatic rings. The van der Waals surface area contributed by atoms with Crippen molar-refractivity contribution in [1.82, 2.24) is 4.90 Å². The van der Waals surface area contributed by atoms with Crippen molar-refractivity contribution in [2.75, 3.05) is 6.54 Å². The average molecular weight is 346 g/mol. The lowest BCUT2D eigenvalue weighted by Crippen LogP contribution is -2.27. The number of benzene rings is 1. The number of carbonyl (C=O) groups is 2. The molecule has 1 aromatic heterocycles. The molecule has 1 fully saturated rings. The van der Waals surface area contributed by atoms with E-state index in [4.69, 9.17) is 16.0 Å². The molecule has 0 unspecified atom stereocenters. The SMILES string of the molecule is C=CCN1C(=O)SC(=Cc2ccc(-c3ccc(Cl)cc3)o2)C1=O. The standard InChI is InChI=1S/C17H12ClNO3S/c1-2-9-19-16(20)15(23-17(19)21)10-13-7-8-14(22-13)11-3-5-12(18)6-4-11/h2-8,10H,1,9H2. The fraction of sp³-hybridized carbons (Fsp3) is 0.0588. The average Bonchev–Trinajstić information content (AvgIpc) is 3.09. The molecule has 0 bridgehead atoms. The molecule has 0 aliphatic carbocycles. The number of hydrogen-bond acceptors (Lipinski definition) is 4. The fourth-order valence-electron chi connectivity index (χ4n) is 2.12. The Morgan fingerprint density at radius 2 is 1.91 bits per heavy atom. The van der Waals surface area contributed by atoms with Gasteiger partial charge in [0.2, 0.25) is 0 Å². The van der Waals surface area contributed by atoms with Crippen molar-refractivity contribution in [3.8, 4) is 11.3 Å². The quantitative estimate of drug-likeness (QED) is 0.588. The van der Waals surface area contributed by atoms with Gasteiger partial charge in [0.05, 0.1) is 4.91 Å². The summed E-state index contributed by atoms with van der Waals surface area (Å²) < 4.78 is 5.72. The van der Waals surface area contributed by atoms with E-state index in [1.165, 1.54) is 6.08 Å². The number of imide groups is 1. The second-order valence-corrected chi connectivity index (χ2v) is 6.22. The van der Waals surface area contributed by atoms with Gasteiger partial charge < -0.3 is 4.42 Å². The second kappa shape index (κ2) is 6.48. The number of rotatable bonds is 4. The first-order valence-corrected chi connectivity index (χ1v) is 8.00. The molecule has 1 aliphatic heterocycles. The Kier molecular flexibility index (Phi) is 4.41. The van der Waals surface area contributed by atoms with Crippen molar-refractivity contribution in [2.45, 2.75) is 0 Å². The molecule has 1 aromatic carbocycles. The first-order valence-electron chi connectivity index (χ1n) is 6.80. The minimum absolute atomic E-state index is 0.205. The van der Waals surface area contributed by atoms with Crippen LogP contribution >= 0.6 is 23.4 Å². The van der Waals surface area contributed by atoms with Crippen LogP contribution in [0.4, 0.5) is 4.79 Å². The molecule has 23 heavy (non-hydrogen) atoms. The molecule has 0 saturated carbocycles. The number of furan rings is 1. The summed E-state index contributed by atoms with van der Waals surface area (Å²) in [7, 11) is 0. The van der Waals surface area contributed by atoms with Gasteiger partial charge in [-0.3, -0.25) is 14.5 Å². The van der Waals surface area contributed by atoms with E-state index < -0.39 is 0 Å². The summed E-state index contributed by atoms with van der Waals surface area (Å²) in [5.74, 6) is 0.849. The molecule has 0 radical (unpaired) electrons. The molecule has 1 saturated heterocycles. The first-order chi connectivity index (χ1) is 11.1. The maximum atomic E-state index is 12.1. The van der Waals surface area contributed by atoms with Gasteiger partial charge in [0, 0.05) is 23.2 Å². The summed E-state index contributed by atoms with van der Waals surface area (Å²) in [5.41, 5.74) is 0.883. The van der Waals surface area contributed by atoms with Gasteiger partial charge in [-0.15, -0.1) is 6.58 Å². The van der Waals surface area contributed by atoms with E-state index in [1.807, 2.05) is 18.2 Å². The van der Waals surface area contributed by atoms with Crippen LogP contribution in [0.5, 0.6) is 0 Å². The van der Waals surface area contributed by atoms with Crippen LogP contribution in [0, 0.1) is 0 Å². The van der Waals surface area contributed by atoms with Gasteiger partial charge in [0.15, 0.2) is 0 Å². The highest BCUT2D eigenvalue weighted by atomic mass is 35.5. The van der Waals surface area contributed by atoms with Gasteiger partial charge in [-0.05, 0) is 48.2 Å². The molecule has 1 aliphatic rings. The summed E-state index contributed by atoms with van der Waals surface area (Å²) >= 11 is 6.76. The first kappa shape index (κ1) is 15.6. The maximum Gasteiger partial charge on any atom is 0.293 e. The smallest absolute Gasteiger partial charge is 0.293 e. The van der Waals surface area contributed by atoms with Crippen LogP contribution in [0.3, 0.4) is 0 Å². The van der Waals surface area contributed by atoms with Crippen molar-refractivity contribution in [3.05, 3.63) is 64.7 Å². The summed E-state index contributed by atoms with van der Waals surface area (Å²) in [6.45, 7) is 3.75. The Labute approximate surface area is 142 Å². The van der Waals surface area contributed by atoms with E-state index in [9.17, 15) is 9.59 Å². The van der Waals surface area contributed by atoms with Crippen molar-refractivity contribution in [1.29, 1.82) is 0 Å². The van der Waals surface area contributed by atoms with Gasteiger partial charge in [-0.25, -0.2) is 0 Å². The topological polar surface area (TPSA) is 50.5 Å². The van der Waals surface area contributed by atoms with Crippen LogP contribution < -0.4 is 0 Å². The zero-order valence-corrected chi connectivity index (χ0v) is 13.6. The van der Waals surface area contributed by atoms with Crippen LogP contribution in [-0.4, -0.2) is 22.6 Å². The van der Waals surface area contributed by atoms with Gasteiger partial charge in [0.25, 0.3) is 11.1 Å². The third kappa shape index (κ3) is 3.25. The molecule has 0 spiro atoms. The molecule has 0 atom stereocenters. The van der Waals surface area contributed by atoms with Crippen LogP contribution in [-0.2, 0) is 4.79 Å². The highest BCUT2D eigenvalue weighted by Crippen LogP contribution is 2.33. The number of hydrogen-bond donors (Lipinski definition) is 0. The summed E-state index contributed by atoms with van der Waals surface area (Å²) in [6, 6.07) is 10.8. The molecular weight excluding hydrogens is 334 g/mol. The molecular formula is C17H12ClNO3S.